The van der Waals surface area contributed by atoms with Gasteiger partial charge in [0.1, 0.15) is 5.82 Å². The molecule has 1 aliphatic carbocycles. The van der Waals surface area contributed by atoms with Crippen molar-refractivity contribution in [3.63, 3.8) is 0 Å². The Balaban J connectivity index is 1.69. The number of para-hydroxylation sites is 2. The average Bonchev–Trinajstić information content (AvgIpc) is 2.99. The lowest BCUT2D eigenvalue weighted by Crippen LogP contribution is -2.39. The van der Waals surface area contributed by atoms with Gasteiger partial charge >= 0.3 is 0 Å². The number of hydrogen-bond donors (Lipinski definition) is 1. The number of benzene rings is 3. The van der Waals surface area contributed by atoms with Crippen LogP contribution in [0.25, 0.3) is 0 Å². The van der Waals surface area contributed by atoms with E-state index in [2.05, 4.69) is 5.32 Å². The molecule has 1 N–H and O–H groups in total. The van der Waals surface area contributed by atoms with Crippen molar-refractivity contribution in [2.45, 2.75) is 45.1 Å². The summed E-state index contributed by atoms with van der Waals surface area (Å²) in [6, 6.07) is 23.5. The van der Waals surface area contributed by atoms with Crippen molar-refractivity contribution in [3.8, 4) is 0 Å². The molecule has 35 heavy (non-hydrogen) atoms. The largest absolute Gasteiger partial charge is 0.357 e. The Morgan fingerprint density at radius 2 is 1.69 bits per heavy atom. The van der Waals surface area contributed by atoms with Crippen LogP contribution in [0.2, 0.25) is 0 Å². The Labute approximate surface area is 205 Å². The zero-order chi connectivity index (χ0) is 24.5. The third-order valence-electron chi connectivity index (χ3n) is 6.78. The lowest BCUT2D eigenvalue weighted by molar-refractivity contribution is -0.119. The molecule has 0 aromatic heterocycles. The molecule has 4 nitrogen and oxygen atoms in total. The minimum atomic E-state index is -0.533. The molecular formula is C30H29FN2O2. The van der Waals surface area contributed by atoms with Crippen molar-refractivity contribution >= 4 is 23.1 Å². The first-order valence-corrected chi connectivity index (χ1v) is 12.2. The first-order chi connectivity index (χ1) is 16.9. The normalized spacial score (nSPS) is 19.7. The van der Waals surface area contributed by atoms with Crippen LogP contribution in [0, 0.1) is 11.7 Å². The molecule has 178 valence electrons. The van der Waals surface area contributed by atoms with Crippen LogP contribution in [-0.2, 0) is 9.59 Å². The van der Waals surface area contributed by atoms with Crippen LogP contribution in [0.5, 0.6) is 0 Å². The van der Waals surface area contributed by atoms with Gasteiger partial charge in [-0.15, -0.1) is 0 Å². The number of anilines is 2. The molecular weight excluding hydrogens is 439 g/mol. The summed E-state index contributed by atoms with van der Waals surface area (Å²) in [4.78, 5) is 29.4. The molecule has 0 spiro atoms. The van der Waals surface area contributed by atoms with E-state index >= 15 is 0 Å². The lowest BCUT2D eigenvalue weighted by Gasteiger charge is -2.35. The van der Waals surface area contributed by atoms with E-state index in [1.165, 1.54) is 12.1 Å². The van der Waals surface area contributed by atoms with Gasteiger partial charge in [-0.1, -0.05) is 68.4 Å². The van der Waals surface area contributed by atoms with Gasteiger partial charge < -0.3 is 5.32 Å². The molecule has 0 radical (unpaired) electrons. The first-order valence-electron chi connectivity index (χ1n) is 12.2. The lowest BCUT2D eigenvalue weighted by atomic mass is 9.78. The number of halogens is 1. The highest BCUT2D eigenvalue weighted by atomic mass is 19.1. The van der Waals surface area contributed by atoms with Gasteiger partial charge in [-0.25, -0.2) is 4.39 Å². The fourth-order valence-corrected chi connectivity index (χ4v) is 5.26. The van der Waals surface area contributed by atoms with Crippen molar-refractivity contribution in [1.82, 2.24) is 0 Å². The SMILES string of the molecule is CC(C)CC(=O)N1c2ccccc2NC2=C(C(=O)CC(c3cccc(F)c3)C2)C1c1ccccc1. The fraction of sp³-hybridized carbons (Fsp3) is 0.267. The van der Waals surface area contributed by atoms with Gasteiger partial charge in [0.2, 0.25) is 5.91 Å². The number of fused-ring (bicyclic) bond motifs is 1. The molecule has 2 unspecified atom stereocenters. The number of carbonyl (C=O) groups excluding carboxylic acids is 2. The highest BCUT2D eigenvalue weighted by Crippen LogP contribution is 2.47. The molecule has 3 aromatic rings. The third-order valence-corrected chi connectivity index (χ3v) is 6.78. The van der Waals surface area contributed by atoms with Gasteiger partial charge in [0.05, 0.1) is 17.4 Å². The maximum atomic E-state index is 14.0. The Morgan fingerprint density at radius 3 is 2.43 bits per heavy atom. The molecule has 5 rings (SSSR count). The molecule has 3 aromatic carbocycles. The molecule has 0 saturated carbocycles. The average molecular weight is 469 g/mol. The summed E-state index contributed by atoms with van der Waals surface area (Å²) in [6.07, 6.45) is 1.21. The summed E-state index contributed by atoms with van der Waals surface area (Å²) < 4.78 is 14.0. The zero-order valence-electron chi connectivity index (χ0n) is 20.0. The van der Waals surface area contributed by atoms with E-state index in [1.807, 2.05) is 74.5 Å². The van der Waals surface area contributed by atoms with Crippen LogP contribution in [-0.4, -0.2) is 11.7 Å². The second kappa shape index (κ2) is 9.49. The topological polar surface area (TPSA) is 49.4 Å². The van der Waals surface area contributed by atoms with E-state index < -0.39 is 6.04 Å². The predicted octanol–water partition coefficient (Wildman–Crippen LogP) is 6.77. The van der Waals surface area contributed by atoms with Crippen molar-refractivity contribution in [2.24, 2.45) is 5.92 Å². The number of nitrogens with zero attached hydrogens (tertiary/aromatic N) is 1. The zero-order valence-corrected chi connectivity index (χ0v) is 20.0. The van der Waals surface area contributed by atoms with Gasteiger partial charge in [0, 0.05) is 24.1 Å². The van der Waals surface area contributed by atoms with Crippen molar-refractivity contribution in [1.29, 1.82) is 0 Å². The van der Waals surface area contributed by atoms with E-state index in [-0.39, 0.29) is 35.8 Å². The number of carbonyl (C=O) groups is 2. The highest BCUT2D eigenvalue weighted by molar-refractivity contribution is 6.06. The molecule has 2 atom stereocenters. The van der Waals surface area contributed by atoms with E-state index in [0.717, 1.165) is 28.2 Å². The van der Waals surface area contributed by atoms with Gasteiger partial charge in [0.25, 0.3) is 0 Å². The number of hydrogen-bond acceptors (Lipinski definition) is 3. The molecule has 2 aliphatic rings. The summed E-state index contributed by atoms with van der Waals surface area (Å²) in [5.74, 6) is -0.295. The number of nitrogens with one attached hydrogen (secondary N) is 1. The van der Waals surface area contributed by atoms with Crippen LogP contribution < -0.4 is 10.2 Å². The summed E-state index contributed by atoms with van der Waals surface area (Å²) in [6.45, 7) is 4.05. The molecule has 0 saturated heterocycles. The standard InChI is InChI=1S/C30H29FN2O2/c1-19(2)15-28(35)33-26-14-7-6-13-24(26)32-25-17-22(21-11-8-12-23(31)16-21)18-27(34)29(25)30(33)20-9-4-3-5-10-20/h3-14,16,19,22,30,32H,15,17-18H2,1-2H3. The van der Waals surface area contributed by atoms with Gasteiger partial charge in [0.15, 0.2) is 5.78 Å². The summed E-state index contributed by atoms with van der Waals surface area (Å²) >= 11 is 0. The molecule has 0 fully saturated rings. The first kappa shape index (κ1) is 23.0. The third kappa shape index (κ3) is 4.51. The monoisotopic (exact) mass is 468 g/mol. The summed E-state index contributed by atoms with van der Waals surface area (Å²) in [7, 11) is 0. The smallest absolute Gasteiger partial charge is 0.228 e. The Morgan fingerprint density at radius 1 is 0.971 bits per heavy atom. The maximum absolute atomic E-state index is 14.0. The van der Waals surface area contributed by atoms with Crippen LogP contribution in [0.3, 0.4) is 0 Å². The number of amides is 1. The Kier molecular flexibility index (Phi) is 6.25. The fourth-order valence-electron chi connectivity index (χ4n) is 5.26. The molecule has 1 aliphatic heterocycles. The van der Waals surface area contributed by atoms with Crippen LogP contribution in [0.1, 0.15) is 56.2 Å². The molecule has 1 amide bonds. The van der Waals surface area contributed by atoms with Crippen molar-refractivity contribution < 1.29 is 14.0 Å². The van der Waals surface area contributed by atoms with E-state index in [9.17, 15) is 14.0 Å². The minimum Gasteiger partial charge on any atom is -0.357 e. The van der Waals surface area contributed by atoms with E-state index in [0.29, 0.717) is 18.4 Å². The van der Waals surface area contributed by atoms with Crippen LogP contribution in [0.15, 0.2) is 90.1 Å². The van der Waals surface area contributed by atoms with Crippen LogP contribution >= 0.6 is 0 Å². The van der Waals surface area contributed by atoms with Gasteiger partial charge in [-0.05, 0) is 53.6 Å². The summed E-state index contributed by atoms with van der Waals surface area (Å²) in [5, 5.41) is 3.52. The molecule has 1 heterocycles. The highest BCUT2D eigenvalue weighted by Gasteiger charge is 2.41. The maximum Gasteiger partial charge on any atom is 0.228 e. The second-order valence-corrected chi connectivity index (χ2v) is 9.79. The molecule has 0 bridgehead atoms. The minimum absolute atomic E-state index is 0.0167. The second-order valence-electron chi connectivity index (χ2n) is 9.79. The van der Waals surface area contributed by atoms with Gasteiger partial charge in [-0.3, -0.25) is 14.5 Å². The summed E-state index contributed by atoms with van der Waals surface area (Å²) in [5.41, 5.74) is 4.69. The number of rotatable bonds is 4. The van der Waals surface area contributed by atoms with Crippen molar-refractivity contribution in [3.05, 3.63) is 107 Å². The predicted molar refractivity (Wildman–Crippen MR) is 137 cm³/mol. The number of allylic oxidation sites excluding steroid dienone is 1. The van der Waals surface area contributed by atoms with E-state index in [4.69, 9.17) is 0 Å². The van der Waals surface area contributed by atoms with Crippen LogP contribution in [0.4, 0.5) is 15.8 Å². The molecule has 5 heteroatoms. The number of Topliss-reactive ketones (excluding diaryl/α,β-unsaturated/α-hetero) is 1. The Hall–Kier alpha value is -3.73. The Bertz CT molecular complexity index is 1300. The van der Waals surface area contributed by atoms with E-state index in [1.54, 1.807) is 11.0 Å². The number of ketones is 1. The van der Waals surface area contributed by atoms with Crippen molar-refractivity contribution in [2.75, 3.05) is 10.2 Å². The quantitative estimate of drug-likeness (QED) is 0.460. The van der Waals surface area contributed by atoms with Gasteiger partial charge in [-0.2, -0.15) is 0 Å².